The average Bonchev–Trinajstić information content (AvgIpc) is 2.15. The Morgan fingerprint density at radius 1 is 1.23 bits per heavy atom. The highest BCUT2D eigenvalue weighted by Crippen LogP contribution is 2.16. The molecule has 0 saturated carbocycles. The summed E-state index contributed by atoms with van der Waals surface area (Å²) in [6.45, 7) is -0.153. The Bertz CT molecular complexity index is 238. The molecule has 0 spiro atoms. The summed E-state index contributed by atoms with van der Waals surface area (Å²) in [4.78, 5) is 0. The summed E-state index contributed by atoms with van der Waals surface area (Å²) in [5.74, 6) is 0. The minimum atomic E-state index is -2.58. The van der Waals surface area contributed by atoms with E-state index in [1.165, 1.54) is 0 Å². The van der Waals surface area contributed by atoms with Crippen LogP contribution in [0, 0.1) is 6.43 Å². The van der Waals surface area contributed by atoms with E-state index >= 15 is 0 Å². The van der Waals surface area contributed by atoms with Gasteiger partial charge in [-0.3, -0.25) is 0 Å². The van der Waals surface area contributed by atoms with Gasteiger partial charge in [-0.15, -0.1) is 0 Å². The topological polar surface area (TPSA) is 9.23 Å². The van der Waals surface area contributed by atoms with E-state index in [9.17, 15) is 13.2 Å². The van der Waals surface area contributed by atoms with Crippen molar-refractivity contribution in [1.29, 1.82) is 0 Å². The molecular weight excluding hydrogens is 181 g/mol. The number of ether oxygens (including phenoxy) is 1. The van der Waals surface area contributed by atoms with Gasteiger partial charge < -0.3 is 4.74 Å². The van der Waals surface area contributed by atoms with Gasteiger partial charge in [0.2, 0.25) is 0 Å². The van der Waals surface area contributed by atoms with Crippen LogP contribution in [0.3, 0.4) is 0 Å². The molecule has 0 aromatic heterocycles. The van der Waals surface area contributed by atoms with Crippen molar-refractivity contribution in [2.24, 2.45) is 0 Å². The maximum absolute atomic E-state index is 12.2. The van der Waals surface area contributed by atoms with Gasteiger partial charge in [-0.2, -0.15) is 8.78 Å². The third kappa shape index (κ3) is 3.46. The molecule has 71 valence electrons. The molecule has 1 aromatic carbocycles. The third-order valence-electron chi connectivity index (χ3n) is 1.41. The predicted molar refractivity (Wildman–Crippen MR) is 41.6 cm³/mol. The van der Waals surface area contributed by atoms with Crippen molar-refractivity contribution in [2.45, 2.75) is 13.0 Å². The smallest absolute Gasteiger partial charge is 0.339 e. The van der Waals surface area contributed by atoms with Crippen molar-refractivity contribution in [2.75, 3.05) is 0 Å². The van der Waals surface area contributed by atoms with Gasteiger partial charge in [0.05, 0.1) is 6.61 Å². The first kappa shape index (κ1) is 10.1. The second-order valence-electron chi connectivity index (χ2n) is 2.40. The highest BCUT2D eigenvalue weighted by atomic mass is 19.3. The van der Waals surface area contributed by atoms with E-state index in [-0.39, 0.29) is 6.61 Å². The molecule has 0 amide bonds. The maximum atomic E-state index is 12.2. The van der Waals surface area contributed by atoms with Crippen LogP contribution in [0.1, 0.15) is 5.56 Å². The molecule has 4 heteroatoms. The molecule has 0 fully saturated rings. The van der Waals surface area contributed by atoms with E-state index in [4.69, 9.17) is 0 Å². The van der Waals surface area contributed by atoms with Gasteiger partial charge in [0.25, 0.3) is 6.36 Å². The first-order valence-electron chi connectivity index (χ1n) is 3.67. The quantitative estimate of drug-likeness (QED) is 0.707. The van der Waals surface area contributed by atoms with E-state index in [0.29, 0.717) is 5.56 Å². The average molecular weight is 189 g/mol. The molecule has 0 saturated heterocycles. The number of halogens is 3. The van der Waals surface area contributed by atoms with Gasteiger partial charge in [-0.05, 0) is 5.56 Å². The number of hydrogen-bond acceptors (Lipinski definition) is 1. The van der Waals surface area contributed by atoms with Gasteiger partial charge >= 0.3 is 6.43 Å². The third-order valence-corrected chi connectivity index (χ3v) is 1.41. The zero-order chi connectivity index (χ0) is 9.68. The van der Waals surface area contributed by atoms with Crippen molar-refractivity contribution in [1.82, 2.24) is 0 Å². The maximum Gasteiger partial charge on any atom is 0.370 e. The van der Waals surface area contributed by atoms with E-state index in [2.05, 4.69) is 4.74 Å². The lowest BCUT2D eigenvalue weighted by Gasteiger charge is -2.06. The Morgan fingerprint density at radius 2 is 1.85 bits per heavy atom. The lowest BCUT2D eigenvalue weighted by atomic mass is 10.2. The molecule has 13 heavy (non-hydrogen) atoms. The fourth-order valence-electron chi connectivity index (χ4n) is 0.807. The molecule has 1 atom stereocenters. The van der Waals surface area contributed by atoms with Crippen LogP contribution < -0.4 is 0 Å². The first-order chi connectivity index (χ1) is 6.20. The van der Waals surface area contributed by atoms with Crippen LogP contribution >= 0.6 is 0 Å². The van der Waals surface area contributed by atoms with Crippen LogP contribution in [0.15, 0.2) is 30.3 Å². The summed E-state index contributed by atoms with van der Waals surface area (Å²) in [6.07, 6.45) is -4.93. The minimum Gasteiger partial charge on any atom is -0.339 e. The van der Waals surface area contributed by atoms with Gasteiger partial charge in [0.1, 0.15) is 0 Å². The summed E-state index contributed by atoms with van der Waals surface area (Å²) < 4.78 is 39.5. The van der Waals surface area contributed by atoms with Gasteiger partial charge in [0, 0.05) is 0 Å². The van der Waals surface area contributed by atoms with Crippen molar-refractivity contribution in [3.8, 4) is 0 Å². The van der Waals surface area contributed by atoms with Gasteiger partial charge in [0.15, 0.2) is 0 Å². The molecular formula is C9H8F3O. The van der Waals surface area contributed by atoms with Crippen LogP contribution in [0.4, 0.5) is 13.2 Å². The first-order valence-corrected chi connectivity index (χ1v) is 3.67. The molecule has 1 aromatic rings. The van der Waals surface area contributed by atoms with E-state index in [1.54, 1.807) is 30.3 Å². The molecule has 0 aliphatic heterocycles. The summed E-state index contributed by atoms with van der Waals surface area (Å²) in [7, 11) is 0. The number of hydrogen-bond donors (Lipinski definition) is 0. The van der Waals surface area contributed by atoms with Crippen LogP contribution in [0.5, 0.6) is 0 Å². The van der Waals surface area contributed by atoms with Crippen LogP contribution in [0.2, 0.25) is 0 Å². The lowest BCUT2D eigenvalue weighted by Crippen LogP contribution is -2.09. The largest absolute Gasteiger partial charge is 0.370 e. The molecule has 0 aliphatic carbocycles. The Morgan fingerprint density at radius 3 is 2.38 bits per heavy atom. The Labute approximate surface area is 74.1 Å². The normalized spacial score (nSPS) is 13.2. The zero-order valence-electron chi connectivity index (χ0n) is 6.71. The van der Waals surface area contributed by atoms with Crippen molar-refractivity contribution < 1.29 is 17.9 Å². The van der Waals surface area contributed by atoms with E-state index in [0.717, 1.165) is 0 Å². The molecule has 0 heterocycles. The molecule has 1 radical (unpaired) electrons. The predicted octanol–water partition coefficient (Wildman–Crippen LogP) is 2.93. The number of rotatable bonds is 4. The standard InChI is InChI=1S/C9H8F3O/c10-8(11)9(12)13-6-7-4-2-1-3-5-7/h1-5,9H,6H2. The number of benzene rings is 1. The minimum absolute atomic E-state index is 0.153. The van der Waals surface area contributed by atoms with Gasteiger partial charge in [-0.25, -0.2) is 4.39 Å². The molecule has 0 bridgehead atoms. The van der Waals surface area contributed by atoms with Crippen molar-refractivity contribution >= 4 is 0 Å². The molecule has 0 aliphatic rings. The summed E-state index contributed by atoms with van der Waals surface area (Å²) in [5.41, 5.74) is 0.659. The summed E-state index contributed by atoms with van der Waals surface area (Å²) >= 11 is 0. The van der Waals surface area contributed by atoms with E-state index in [1.807, 2.05) is 0 Å². The highest BCUT2D eigenvalue weighted by Gasteiger charge is 2.21. The Balaban J connectivity index is 2.35. The second kappa shape index (κ2) is 4.87. The van der Waals surface area contributed by atoms with Crippen LogP contribution in [0.25, 0.3) is 0 Å². The SMILES string of the molecule is F[C](F)C(F)OCc1ccccc1. The molecule has 0 N–H and O–H groups in total. The van der Waals surface area contributed by atoms with Crippen molar-refractivity contribution in [3.05, 3.63) is 42.3 Å². The molecule has 1 nitrogen and oxygen atoms in total. The van der Waals surface area contributed by atoms with Crippen LogP contribution in [-0.4, -0.2) is 6.36 Å². The molecule has 1 unspecified atom stereocenters. The van der Waals surface area contributed by atoms with Crippen LogP contribution in [-0.2, 0) is 11.3 Å². The Kier molecular flexibility index (Phi) is 3.76. The monoisotopic (exact) mass is 189 g/mol. The Hall–Kier alpha value is -1.03. The summed E-state index contributed by atoms with van der Waals surface area (Å²) in [6, 6.07) is 8.56. The second-order valence-corrected chi connectivity index (χ2v) is 2.40. The zero-order valence-corrected chi connectivity index (χ0v) is 6.71. The fraction of sp³-hybridized carbons (Fsp3) is 0.222. The molecule has 1 rings (SSSR count). The summed E-state index contributed by atoms with van der Waals surface area (Å²) in [5, 5.41) is 0. The van der Waals surface area contributed by atoms with E-state index < -0.39 is 12.8 Å². The highest BCUT2D eigenvalue weighted by molar-refractivity contribution is 5.13. The lowest BCUT2D eigenvalue weighted by molar-refractivity contribution is -0.0848. The van der Waals surface area contributed by atoms with Crippen molar-refractivity contribution in [3.63, 3.8) is 0 Å². The van der Waals surface area contributed by atoms with Gasteiger partial charge in [-0.1, -0.05) is 30.3 Å². The number of alkyl halides is 1. The fourth-order valence-corrected chi connectivity index (χ4v) is 0.807.